The van der Waals surface area contributed by atoms with Crippen LogP contribution >= 0.6 is 22.7 Å². The van der Waals surface area contributed by atoms with Gasteiger partial charge in [0.1, 0.15) is 4.88 Å². The zero-order valence-electron chi connectivity index (χ0n) is 18.1. The molecule has 160 valence electrons. The number of carbonyl (C=O) groups excluding carboxylic acids is 2. The predicted octanol–water partition coefficient (Wildman–Crippen LogP) is 6.20. The molecular weight excluding hydrogens is 414 g/mol. The number of hydrogen-bond donors (Lipinski definition) is 0. The Morgan fingerprint density at radius 1 is 1.20 bits per heavy atom. The first-order chi connectivity index (χ1) is 14.3. The van der Waals surface area contributed by atoms with Crippen LogP contribution in [0.1, 0.15) is 67.9 Å². The average molecular weight is 444 g/mol. The Morgan fingerprint density at radius 2 is 1.90 bits per heavy atom. The Hall–Kier alpha value is -2.10. The Balaban J connectivity index is 2.01. The number of hydrogen-bond acceptors (Lipinski definition) is 5. The second kappa shape index (κ2) is 9.80. The van der Waals surface area contributed by atoms with E-state index in [-0.39, 0.29) is 23.8 Å². The van der Waals surface area contributed by atoms with Gasteiger partial charge in [-0.2, -0.15) is 0 Å². The zero-order valence-corrected chi connectivity index (χ0v) is 19.7. The molecule has 0 spiro atoms. The minimum atomic E-state index is -0.381. The fourth-order valence-electron chi connectivity index (χ4n) is 3.93. The van der Waals surface area contributed by atoms with Crippen molar-refractivity contribution in [2.45, 2.75) is 59.4 Å². The maximum atomic E-state index is 13.5. The fraction of sp³-hybridized carbons (Fsp3) is 0.500. The van der Waals surface area contributed by atoms with Gasteiger partial charge in [-0.05, 0) is 70.6 Å². The molecule has 2 aromatic rings. The summed E-state index contributed by atoms with van der Waals surface area (Å²) < 4.78 is 5.32. The van der Waals surface area contributed by atoms with E-state index in [0.29, 0.717) is 23.1 Å². The van der Waals surface area contributed by atoms with Gasteiger partial charge in [-0.3, -0.25) is 4.79 Å². The number of carbonyl (C=O) groups is 2. The molecule has 0 N–H and O–H groups in total. The van der Waals surface area contributed by atoms with Gasteiger partial charge in [0.15, 0.2) is 0 Å². The summed E-state index contributed by atoms with van der Waals surface area (Å²) in [4.78, 5) is 31.3. The van der Waals surface area contributed by atoms with Crippen LogP contribution in [0.3, 0.4) is 0 Å². The lowest BCUT2D eigenvalue weighted by molar-refractivity contribution is -0.123. The molecule has 0 saturated heterocycles. The lowest BCUT2D eigenvalue weighted by atomic mass is 9.82. The van der Waals surface area contributed by atoms with Gasteiger partial charge < -0.3 is 9.64 Å². The first-order valence-electron chi connectivity index (χ1n) is 10.6. The molecule has 1 aliphatic carbocycles. The quantitative estimate of drug-likeness (QED) is 0.394. The third-order valence-electron chi connectivity index (χ3n) is 5.54. The van der Waals surface area contributed by atoms with Crippen molar-refractivity contribution < 1.29 is 14.3 Å². The molecule has 0 atom stereocenters. The lowest BCUT2D eigenvalue weighted by Crippen LogP contribution is -2.42. The van der Waals surface area contributed by atoms with E-state index in [1.54, 1.807) is 6.92 Å². The van der Waals surface area contributed by atoms with Gasteiger partial charge in [-0.1, -0.05) is 12.8 Å². The van der Waals surface area contributed by atoms with Crippen LogP contribution in [0.15, 0.2) is 18.2 Å². The van der Waals surface area contributed by atoms with Gasteiger partial charge in [0.25, 0.3) is 0 Å². The molecule has 4 nitrogen and oxygen atoms in total. The van der Waals surface area contributed by atoms with Gasteiger partial charge in [0, 0.05) is 21.7 Å². The molecule has 0 aromatic carbocycles. The first kappa shape index (κ1) is 22.6. The lowest BCUT2D eigenvalue weighted by Gasteiger charge is -2.33. The third kappa shape index (κ3) is 4.79. The SMILES string of the molecule is C#Cc1ccc(-c2cc(N(C(=O)[C@H]3CC[C@H](C)CC3)C(C)C)c(C(=O)OCC)s2)s1. The van der Waals surface area contributed by atoms with Crippen molar-refractivity contribution in [1.82, 2.24) is 0 Å². The van der Waals surface area contributed by atoms with E-state index in [1.807, 2.05) is 36.9 Å². The minimum absolute atomic E-state index is 0.0109. The van der Waals surface area contributed by atoms with E-state index < -0.39 is 0 Å². The van der Waals surface area contributed by atoms with Crippen LogP contribution in [0, 0.1) is 24.2 Å². The van der Waals surface area contributed by atoms with Crippen LogP contribution in [0.5, 0.6) is 0 Å². The summed E-state index contributed by atoms with van der Waals surface area (Å²) in [6, 6.07) is 5.76. The molecule has 1 saturated carbocycles. The van der Waals surface area contributed by atoms with Crippen molar-refractivity contribution in [2.24, 2.45) is 11.8 Å². The van der Waals surface area contributed by atoms with Crippen molar-refractivity contribution >= 4 is 40.2 Å². The zero-order chi connectivity index (χ0) is 21.8. The maximum Gasteiger partial charge on any atom is 0.350 e. The third-order valence-corrected chi connectivity index (χ3v) is 7.86. The van der Waals surface area contributed by atoms with E-state index >= 15 is 0 Å². The summed E-state index contributed by atoms with van der Waals surface area (Å²) in [6.45, 7) is 8.33. The highest BCUT2D eigenvalue weighted by Crippen LogP contribution is 2.42. The molecular formula is C24H29NO3S2. The van der Waals surface area contributed by atoms with Gasteiger partial charge >= 0.3 is 5.97 Å². The van der Waals surface area contributed by atoms with Gasteiger partial charge in [0.2, 0.25) is 5.91 Å². The molecule has 30 heavy (non-hydrogen) atoms. The second-order valence-electron chi connectivity index (χ2n) is 8.11. The fourth-order valence-corrected chi connectivity index (χ4v) is 5.87. The molecule has 1 aliphatic rings. The molecule has 1 fully saturated rings. The number of terminal acetylenes is 1. The largest absolute Gasteiger partial charge is 0.462 e. The maximum absolute atomic E-state index is 13.5. The van der Waals surface area contributed by atoms with E-state index in [2.05, 4.69) is 12.8 Å². The molecule has 0 bridgehead atoms. The minimum Gasteiger partial charge on any atom is -0.462 e. The monoisotopic (exact) mass is 443 g/mol. The molecule has 2 heterocycles. The van der Waals surface area contributed by atoms with Crippen LogP contribution in [0.2, 0.25) is 0 Å². The van der Waals surface area contributed by atoms with Crippen molar-refractivity contribution in [3.05, 3.63) is 28.0 Å². The topological polar surface area (TPSA) is 46.6 Å². The number of nitrogens with zero attached hydrogens (tertiary/aromatic N) is 1. The average Bonchev–Trinajstić information content (AvgIpc) is 3.35. The second-order valence-corrected chi connectivity index (χ2v) is 10.2. The summed E-state index contributed by atoms with van der Waals surface area (Å²) in [5.41, 5.74) is 0.655. The van der Waals surface area contributed by atoms with Crippen LogP contribution in [-0.4, -0.2) is 24.5 Å². The first-order valence-corrected chi connectivity index (χ1v) is 12.2. The molecule has 0 radical (unpaired) electrons. The number of rotatable bonds is 6. The predicted molar refractivity (Wildman–Crippen MR) is 125 cm³/mol. The Bertz CT molecular complexity index is 942. The molecule has 0 unspecified atom stereocenters. The van der Waals surface area contributed by atoms with E-state index in [9.17, 15) is 9.59 Å². The van der Waals surface area contributed by atoms with E-state index in [0.717, 1.165) is 40.3 Å². The summed E-state index contributed by atoms with van der Waals surface area (Å²) in [5, 5.41) is 0. The van der Waals surface area contributed by atoms with Crippen LogP contribution < -0.4 is 4.90 Å². The van der Waals surface area contributed by atoms with Crippen LogP contribution in [0.4, 0.5) is 5.69 Å². The normalized spacial score (nSPS) is 18.8. The highest BCUT2D eigenvalue weighted by Gasteiger charge is 2.33. The van der Waals surface area contributed by atoms with Crippen LogP contribution in [0.25, 0.3) is 9.75 Å². The summed E-state index contributed by atoms with van der Waals surface area (Å²) in [7, 11) is 0. The number of amides is 1. The standard InChI is InChI=1S/C24H29NO3S2/c1-6-18-12-13-20(29-18)21-14-19(22(30-21)24(27)28-7-2)25(15(3)4)23(26)17-10-8-16(5)9-11-17/h1,12-17H,7-11H2,2-5H3/t16-,17-. The summed E-state index contributed by atoms with van der Waals surface area (Å²) >= 11 is 2.88. The Morgan fingerprint density at radius 3 is 2.47 bits per heavy atom. The smallest absolute Gasteiger partial charge is 0.350 e. The number of thiophene rings is 2. The highest BCUT2D eigenvalue weighted by molar-refractivity contribution is 7.23. The van der Waals surface area contributed by atoms with Gasteiger partial charge in [0.05, 0.1) is 17.2 Å². The number of ether oxygens (including phenoxy) is 1. The highest BCUT2D eigenvalue weighted by atomic mass is 32.1. The van der Waals surface area contributed by atoms with Gasteiger partial charge in [-0.15, -0.1) is 29.1 Å². The molecule has 1 amide bonds. The molecule has 3 rings (SSSR count). The molecule has 6 heteroatoms. The van der Waals surface area contributed by atoms with Crippen molar-refractivity contribution in [3.63, 3.8) is 0 Å². The Kier molecular flexibility index (Phi) is 7.38. The number of anilines is 1. The summed E-state index contributed by atoms with van der Waals surface area (Å²) in [5.74, 6) is 3.07. The van der Waals surface area contributed by atoms with Crippen LogP contribution in [-0.2, 0) is 9.53 Å². The molecule has 0 aliphatic heterocycles. The summed E-state index contributed by atoms with van der Waals surface area (Å²) in [6.07, 6.45) is 9.49. The van der Waals surface area contributed by atoms with Crippen molar-refractivity contribution in [2.75, 3.05) is 11.5 Å². The Labute approximate surface area is 187 Å². The van der Waals surface area contributed by atoms with Gasteiger partial charge in [-0.25, -0.2) is 4.79 Å². The number of esters is 1. The van der Waals surface area contributed by atoms with Crippen molar-refractivity contribution in [1.29, 1.82) is 0 Å². The van der Waals surface area contributed by atoms with E-state index in [4.69, 9.17) is 11.2 Å². The molecule has 2 aromatic heterocycles. The van der Waals surface area contributed by atoms with Crippen molar-refractivity contribution in [3.8, 4) is 22.1 Å². The van der Waals surface area contributed by atoms with E-state index in [1.165, 1.54) is 22.7 Å².